The molecule has 0 aliphatic heterocycles. The first-order valence-electron chi connectivity index (χ1n) is 7.20. The minimum Gasteiger partial charge on any atom is -0.308 e. The summed E-state index contributed by atoms with van der Waals surface area (Å²) in [5.41, 5.74) is 2.36. The summed E-state index contributed by atoms with van der Waals surface area (Å²) >= 11 is 0. The molecule has 2 rings (SSSR count). The Morgan fingerprint density at radius 1 is 1.29 bits per heavy atom. The third-order valence-electron chi connectivity index (χ3n) is 3.57. The molecular weight excluding hydrogens is 282 g/mol. The van der Waals surface area contributed by atoms with Crippen LogP contribution >= 0.6 is 0 Å². The number of hydrogen-bond acceptors (Lipinski definition) is 3. The topological polar surface area (TPSA) is 46.9 Å². The van der Waals surface area contributed by atoms with Crippen molar-refractivity contribution >= 4 is 10.8 Å². The zero-order chi connectivity index (χ0) is 15.2. The van der Waals surface area contributed by atoms with Crippen molar-refractivity contribution in [1.29, 1.82) is 0 Å². The minimum atomic E-state index is -0.714. The van der Waals surface area contributed by atoms with Gasteiger partial charge < -0.3 is 9.88 Å². The molecule has 0 amide bonds. The highest BCUT2D eigenvalue weighted by atomic mass is 32.2. The maximum absolute atomic E-state index is 11.1. The summed E-state index contributed by atoms with van der Waals surface area (Å²) in [7, 11) is -0.714. The van der Waals surface area contributed by atoms with Crippen molar-refractivity contribution in [3.05, 3.63) is 48.5 Å². The second-order valence-corrected chi connectivity index (χ2v) is 6.97. The van der Waals surface area contributed by atoms with Crippen LogP contribution in [-0.4, -0.2) is 31.8 Å². The standard InChI is InChI=1S/C16H23N3OS/c1-13(8-11-21(3)20)18-14(2)15-4-6-16(7-5-15)19-10-9-17-12-19/h4-7,9-10,12-14,18H,8,11H2,1-3H3. The molecule has 1 N–H and O–H groups in total. The van der Waals surface area contributed by atoms with Gasteiger partial charge in [-0.2, -0.15) is 0 Å². The molecule has 0 bridgehead atoms. The molecule has 0 aliphatic rings. The Kier molecular flexibility index (Phi) is 5.70. The maximum atomic E-state index is 11.1. The predicted molar refractivity (Wildman–Crippen MR) is 88.1 cm³/mol. The number of nitrogens with one attached hydrogen (secondary N) is 1. The normalized spacial score (nSPS) is 15.6. The van der Waals surface area contributed by atoms with Crippen molar-refractivity contribution in [1.82, 2.24) is 14.9 Å². The van der Waals surface area contributed by atoms with Crippen molar-refractivity contribution in [3.8, 4) is 5.69 Å². The van der Waals surface area contributed by atoms with E-state index >= 15 is 0 Å². The van der Waals surface area contributed by atoms with Crippen LogP contribution < -0.4 is 5.32 Å². The summed E-state index contributed by atoms with van der Waals surface area (Å²) in [6.07, 6.45) is 8.19. The van der Waals surface area contributed by atoms with Crippen LogP contribution in [0.2, 0.25) is 0 Å². The molecule has 1 heterocycles. The molecule has 21 heavy (non-hydrogen) atoms. The van der Waals surface area contributed by atoms with E-state index in [2.05, 4.69) is 48.4 Å². The predicted octanol–water partition coefficient (Wildman–Crippen LogP) is 2.68. The Hall–Kier alpha value is -1.46. The van der Waals surface area contributed by atoms with E-state index in [1.165, 1.54) is 5.56 Å². The van der Waals surface area contributed by atoms with Gasteiger partial charge in [-0.25, -0.2) is 4.98 Å². The van der Waals surface area contributed by atoms with Crippen LogP contribution in [0.5, 0.6) is 0 Å². The summed E-state index contributed by atoms with van der Waals surface area (Å²) in [6.45, 7) is 4.30. The molecule has 5 heteroatoms. The molecule has 0 spiro atoms. The van der Waals surface area contributed by atoms with E-state index in [1.54, 1.807) is 18.8 Å². The summed E-state index contributed by atoms with van der Waals surface area (Å²) < 4.78 is 13.1. The third kappa shape index (κ3) is 4.79. The van der Waals surface area contributed by atoms with E-state index < -0.39 is 10.8 Å². The van der Waals surface area contributed by atoms with Gasteiger partial charge in [-0.15, -0.1) is 0 Å². The van der Waals surface area contributed by atoms with Crippen molar-refractivity contribution in [2.24, 2.45) is 0 Å². The first kappa shape index (κ1) is 15.9. The Labute approximate surface area is 129 Å². The molecule has 2 aromatic rings. The van der Waals surface area contributed by atoms with Gasteiger partial charge in [0.25, 0.3) is 0 Å². The van der Waals surface area contributed by atoms with Crippen molar-refractivity contribution in [2.45, 2.75) is 32.4 Å². The summed E-state index contributed by atoms with van der Waals surface area (Å²) in [5.74, 6) is 0.750. The SMILES string of the molecule is CC(CCS(C)=O)NC(C)c1ccc(-n2ccnc2)cc1. The Morgan fingerprint density at radius 3 is 2.57 bits per heavy atom. The highest BCUT2D eigenvalue weighted by molar-refractivity contribution is 7.84. The van der Waals surface area contributed by atoms with Crippen LogP contribution in [0, 0.1) is 0 Å². The summed E-state index contributed by atoms with van der Waals surface area (Å²) in [5, 5.41) is 3.55. The molecule has 3 atom stereocenters. The van der Waals surface area contributed by atoms with Crippen LogP contribution in [0.1, 0.15) is 31.9 Å². The van der Waals surface area contributed by atoms with Crippen LogP contribution in [0.4, 0.5) is 0 Å². The zero-order valence-corrected chi connectivity index (χ0v) is 13.6. The van der Waals surface area contributed by atoms with Crippen molar-refractivity contribution in [2.75, 3.05) is 12.0 Å². The fourth-order valence-electron chi connectivity index (χ4n) is 2.30. The van der Waals surface area contributed by atoms with E-state index in [0.717, 1.165) is 17.9 Å². The van der Waals surface area contributed by atoms with Gasteiger partial charge in [-0.1, -0.05) is 12.1 Å². The summed E-state index contributed by atoms with van der Waals surface area (Å²) in [6, 6.07) is 9.11. The largest absolute Gasteiger partial charge is 0.308 e. The molecule has 1 aromatic heterocycles. The average Bonchev–Trinajstić information content (AvgIpc) is 2.99. The van der Waals surface area contributed by atoms with Gasteiger partial charge in [0.05, 0.1) is 6.33 Å². The highest BCUT2D eigenvalue weighted by Gasteiger charge is 2.10. The lowest BCUT2D eigenvalue weighted by Gasteiger charge is -2.20. The van der Waals surface area contributed by atoms with Gasteiger partial charge in [0.1, 0.15) is 0 Å². The van der Waals surface area contributed by atoms with Crippen LogP contribution in [-0.2, 0) is 10.8 Å². The Balaban J connectivity index is 1.93. The lowest BCUT2D eigenvalue weighted by atomic mass is 10.1. The number of aromatic nitrogens is 2. The summed E-state index contributed by atoms with van der Waals surface area (Å²) in [4.78, 5) is 4.06. The van der Waals surface area contributed by atoms with Crippen molar-refractivity contribution in [3.63, 3.8) is 0 Å². The molecule has 0 saturated heterocycles. The minimum absolute atomic E-state index is 0.280. The first-order chi connectivity index (χ1) is 10.1. The smallest absolute Gasteiger partial charge is 0.0991 e. The number of rotatable bonds is 7. The quantitative estimate of drug-likeness (QED) is 0.855. The monoisotopic (exact) mass is 305 g/mol. The fourth-order valence-corrected chi connectivity index (χ4v) is 2.98. The van der Waals surface area contributed by atoms with Gasteiger partial charge in [-0.3, -0.25) is 4.21 Å². The number of imidazole rings is 1. The van der Waals surface area contributed by atoms with E-state index in [1.807, 2.05) is 10.8 Å². The molecule has 0 aliphatic carbocycles. The molecular formula is C16H23N3OS. The molecule has 3 unspecified atom stereocenters. The second kappa shape index (κ2) is 7.52. The second-order valence-electron chi connectivity index (χ2n) is 5.42. The lowest BCUT2D eigenvalue weighted by molar-refractivity contribution is 0.470. The number of hydrogen-bond donors (Lipinski definition) is 1. The van der Waals surface area contributed by atoms with Crippen LogP contribution in [0.25, 0.3) is 5.69 Å². The van der Waals surface area contributed by atoms with Gasteiger partial charge in [0.15, 0.2) is 0 Å². The molecule has 0 saturated carbocycles. The fraction of sp³-hybridized carbons (Fsp3) is 0.438. The third-order valence-corrected chi connectivity index (χ3v) is 4.38. The number of nitrogens with zero attached hydrogens (tertiary/aromatic N) is 2. The molecule has 1 aromatic carbocycles. The molecule has 114 valence electrons. The Bertz CT molecular complexity index is 566. The molecule has 0 fully saturated rings. The van der Waals surface area contributed by atoms with Gasteiger partial charge in [0, 0.05) is 53.0 Å². The van der Waals surface area contributed by atoms with Crippen LogP contribution in [0.15, 0.2) is 43.0 Å². The van der Waals surface area contributed by atoms with Crippen molar-refractivity contribution < 1.29 is 4.21 Å². The maximum Gasteiger partial charge on any atom is 0.0991 e. The van der Waals surface area contributed by atoms with E-state index in [0.29, 0.717) is 6.04 Å². The Morgan fingerprint density at radius 2 is 2.00 bits per heavy atom. The average molecular weight is 305 g/mol. The molecule has 0 radical (unpaired) electrons. The zero-order valence-electron chi connectivity index (χ0n) is 12.8. The van der Waals surface area contributed by atoms with E-state index in [9.17, 15) is 4.21 Å². The van der Waals surface area contributed by atoms with Crippen LogP contribution in [0.3, 0.4) is 0 Å². The van der Waals surface area contributed by atoms with Gasteiger partial charge in [-0.05, 0) is 38.0 Å². The lowest BCUT2D eigenvalue weighted by Crippen LogP contribution is -2.30. The van der Waals surface area contributed by atoms with E-state index in [-0.39, 0.29) is 6.04 Å². The number of benzene rings is 1. The van der Waals surface area contributed by atoms with E-state index in [4.69, 9.17) is 0 Å². The van der Waals surface area contributed by atoms with Gasteiger partial charge in [0.2, 0.25) is 0 Å². The highest BCUT2D eigenvalue weighted by Crippen LogP contribution is 2.16. The first-order valence-corrected chi connectivity index (χ1v) is 8.93. The molecule has 4 nitrogen and oxygen atoms in total. The van der Waals surface area contributed by atoms with Gasteiger partial charge >= 0.3 is 0 Å².